The Kier molecular flexibility index (Phi) is 4.03. The molecule has 0 saturated heterocycles. The maximum atomic E-state index is 5.76. The van der Waals surface area contributed by atoms with Crippen molar-refractivity contribution >= 4 is 5.95 Å². The molecule has 1 aromatic rings. The zero-order chi connectivity index (χ0) is 11.4. The van der Waals surface area contributed by atoms with Gasteiger partial charge in [0.05, 0.1) is 5.69 Å². The topological polar surface area (TPSA) is 55.0 Å². The molecule has 0 aromatic carbocycles. The third-order valence-electron chi connectivity index (χ3n) is 2.50. The smallest absolute Gasteiger partial charge is 0.224 e. The molecule has 0 aliphatic carbocycles. The van der Waals surface area contributed by atoms with Crippen molar-refractivity contribution in [2.24, 2.45) is 11.7 Å². The third-order valence-corrected chi connectivity index (χ3v) is 2.50. The zero-order valence-corrected chi connectivity index (χ0v) is 9.94. The van der Waals surface area contributed by atoms with E-state index in [9.17, 15) is 0 Å². The van der Waals surface area contributed by atoms with E-state index in [0.29, 0.717) is 18.4 Å². The fourth-order valence-electron chi connectivity index (χ4n) is 1.52. The summed E-state index contributed by atoms with van der Waals surface area (Å²) < 4.78 is 0. The minimum absolute atomic E-state index is 0.312. The van der Waals surface area contributed by atoms with E-state index in [1.54, 1.807) is 6.20 Å². The lowest BCUT2D eigenvalue weighted by Crippen LogP contribution is -2.21. The second kappa shape index (κ2) is 5.07. The maximum absolute atomic E-state index is 5.76. The van der Waals surface area contributed by atoms with Crippen LogP contribution in [0.25, 0.3) is 0 Å². The predicted molar refractivity (Wildman–Crippen MR) is 63.0 cm³/mol. The summed E-state index contributed by atoms with van der Waals surface area (Å²) >= 11 is 0. The van der Waals surface area contributed by atoms with Crippen LogP contribution < -0.4 is 10.6 Å². The molecular weight excluding hydrogens is 188 g/mol. The SMILES string of the molecule is CC(C)C(CN)c1ccnc(N(C)C)n1. The molecule has 0 saturated carbocycles. The number of rotatable bonds is 4. The molecule has 0 aliphatic rings. The lowest BCUT2D eigenvalue weighted by Gasteiger charge is -2.19. The summed E-state index contributed by atoms with van der Waals surface area (Å²) in [7, 11) is 3.87. The number of hydrogen-bond acceptors (Lipinski definition) is 4. The highest BCUT2D eigenvalue weighted by Gasteiger charge is 2.16. The molecule has 0 spiro atoms. The van der Waals surface area contributed by atoms with Crippen LogP contribution >= 0.6 is 0 Å². The highest BCUT2D eigenvalue weighted by molar-refractivity contribution is 5.28. The van der Waals surface area contributed by atoms with Gasteiger partial charge in [0.25, 0.3) is 0 Å². The van der Waals surface area contributed by atoms with Crippen molar-refractivity contribution in [3.63, 3.8) is 0 Å². The summed E-state index contributed by atoms with van der Waals surface area (Å²) in [6, 6.07) is 1.95. The summed E-state index contributed by atoms with van der Waals surface area (Å²) in [5.41, 5.74) is 6.79. The van der Waals surface area contributed by atoms with E-state index in [0.717, 1.165) is 11.6 Å². The Morgan fingerprint density at radius 2 is 2.07 bits per heavy atom. The van der Waals surface area contributed by atoms with Crippen LogP contribution in [0.2, 0.25) is 0 Å². The number of nitrogens with two attached hydrogens (primary N) is 1. The second-order valence-electron chi connectivity index (χ2n) is 4.26. The molecule has 2 N–H and O–H groups in total. The third kappa shape index (κ3) is 2.89. The van der Waals surface area contributed by atoms with Gasteiger partial charge in [-0.3, -0.25) is 0 Å². The number of nitrogens with zero attached hydrogens (tertiary/aromatic N) is 3. The molecule has 0 bridgehead atoms. The van der Waals surface area contributed by atoms with Gasteiger partial charge in [0.15, 0.2) is 0 Å². The minimum Gasteiger partial charge on any atom is -0.347 e. The highest BCUT2D eigenvalue weighted by Crippen LogP contribution is 2.21. The average molecular weight is 208 g/mol. The van der Waals surface area contributed by atoms with Crippen molar-refractivity contribution < 1.29 is 0 Å². The molecule has 1 atom stereocenters. The molecule has 4 heteroatoms. The number of hydrogen-bond donors (Lipinski definition) is 1. The van der Waals surface area contributed by atoms with Gasteiger partial charge in [0.2, 0.25) is 5.95 Å². The van der Waals surface area contributed by atoms with E-state index in [1.807, 2.05) is 25.1 Å². The van der Waals surface area contributed by atoms with Gasteiger partial charge in [-0.15, -0.1) is 0 Å². The predicted octanol–water partition coefficient (Wildman–Crippen LogP) is 1.24. The molecule has 15 heavy (non-hydrogen) atoms. The number of anilines is 1. The van der Waals surface area contributed by atoms with Crippen LogP contribution in [-0.4, -0.2) is 30.6 Å². The molecule has 4 nitrogen and oxygen atoms in total. The van der Waals surface area contributed by atoms with E-state index in [-0.39, 0.29) is 0 Å². The fraction of sp³-hybridized carbons (Fsp3) is 0.636. The fourth-order valence-corrected chi connectivity index (χ4v) is 1.52. The van der Waals surface area contributed by atoms with Gasteiger partial charge in [0.1, 0.15) is 0 Å². The van der Waals surface area contributed by atoms with E-state index >= 15 is 0 Å². The van der Waals surface area contributed by atoms with Crippen molar-refractivity contribution in [2.45, 2.75) is 19.8 Å². The van der Waals surface area contributed by atoms with Gasteiger partial charge in [-0.1, -0.05) is 13.8 Å². The lowest BCUT2D eigenvalue weighted by molar-refractivity contribution is 0.495. The molecular formula is C11H20N4. The van der Waals surface area contributed by atoms with Crippen molar-refractivity contribution in [3.8, 4) is 0 Å². The van der Waals surface area contributed by atoms with Crippen LogP contribution in [0.4, 0.5) is 5.95 Å². The van der Waals surface area contributed by atoms with Crippen molar-refractivity contribution in [1.29, 1.82) is 0 Å². The number of aromatic nitrogens is 2. The molecule has 0 radical (unpaired) electrons. The van der Waals surface area contributed by atoms with Gasteiger partial charge in [-0.05, 0) is 12.0 Å². The zero-order valence-electron chi connectivity index (χ0n) is 9.94. The van der Waals surface area contributed by atoms with Crippen LogP contribution in [-0.2, 0) is 0 Å². The second-order valence-corrected chi connectivity index (χ2v) is 4.26. The molecule has 84 valence electrons. The monoisotopic (exact) mass is 208 g/mol. The van der Waals surface area contributed by atoms with Crippen molar-refractivity contribution in [2.75, 3.05) is 25.5 Å². The summed E-state index contributed by atoms with van der Waals surface area (Å²) in [4.78, 5) is 10.6. The van der Waals surface area contributed by atoms with Crippen LogP contribution in [0.3, 0.4) is 0 Å². The summed E-state index contributed by atoms with van der Waals surface area (Å²) in [5.74, 6) is 1.55. The molecule has 1 heterocycles. The first kappa shape index (κ1) is 11.9. The lowest BCUT2D eigenvalue weighted by atomic mass is 9.92. The summed E-state index contributed by atoms with van der Waals surface area (Å²) in [5, 5.41) is 0. The Bertz CT molecular complexity index is 309. The van der Waals surface area contributed by atoms with Gasteiger partial charge in [-0.2, -0.15) is 0 Å². The van der Waals surface area contributed by atoms with E-state index in [2.05, 4.69) is 23.8 Å². The molecule has 0 fully saturated rings. The largest absolute Gasteiger partial charge is 0.347 e. The Labute approximate surface area is 91.5 Å². The quantitative estimate of drug-likeness (QED) is 0.809. The molecule has 0 amide bonds. The van der Waals surface area contributed by atoms with Crippen LogP contribution in [0.1, 0.15) is 25.5 Å². The highest BCUT2D eigenvalue weighted by atomic mass is 15.2. The standard InChI is InChI=1S/C11H20N4/c1-8(2)9(7-12)10-5-6-13-11(14-10)15(3)4/h5-6,8-9H,7,12H2,1-4H3. The summed E-state index contributed by atoms with van der Waals surface area (Å²) in [6.07, 6.45) is 1.79. The maximum Gasteiger partial charge on any atom is 0.224 e. The Balaban J connectivity index is 2.98. The average Bonchev–Trinajstić information content (AvgIpc) is 2.18. The van der Waals surface area contributed by atoms with E-state index in [1.165, 1.54) is 0 Å². The minimum atomic E-state index is 0.312. The first-order chi connectivity index (χ1) is 7.06. The molecule has 1 aromatic heterocycles. The molecule has 1 unspecified atom stereocenters. The van der Waals surface area contributed by atoms with Crippen LogP contribution in [0.15, 0.2) is 12.3 Å². The van der Waals surface area contributed by atoms with E-state index < -0.39 is 0 Å². The molecule has 0 aliphatic heterocycles. The van der Waals surface area contributed by atoms with Crippen LogP contribution in [0.5, 0.6) is 0 Å². The Morgan fingerprint density at radius 1 is 1.40 bits per heavy atom. The first-order valence-electron chi connectivity index (χ1n) is 5.26. The van der Waals surface area contributed by atoms with Gasteiger partial charge in [-0.25, -0.2) is 9.97 Å². The van der Waals surface area contributed by atoms with Crippen molar-refractivity contribution in [3.05, 3.63) is 18.0 Å². The van der Waals surface area contributed by atoms with Gasteiger partial charge < -0.3 is 10.6 Å². The van der Waals surface area contributed by atoms with Gasteiger partial charge in [0, 0.05) is 32.8 Å². The van der Waals surface area contributed by atoms with Crippen LogP contribution in [0, 0.1) is 5.92 Å². The Hall–Kier alpha value is -1.16. The van der Waals surface area contributed by atoms with Crippen molar-refractivity contribution in [1.82, 2.24) is 9.97 Å². The first-order valence-corrected chi connectivity index (χ1v) is 5.26. The summed E-state index contributed by atoms with van der Waals surface area (Å²) in [6.45, 7) is 4.95. The van der Waals surface area contributed by atoms with E-state index in [4.69, 9.17) is 5.73 Å². The van der Waals surface area contributed by atoms with Gasteiger partial charge >= 0.3 is 0 Å². The normalized spacial score (nSPS) is 12.9. The molecule has 1 rings (SSSR count). The Morgan fingerprint density at radius 3 is 2.53 bits per heavy atom.